The number of nitrogen functional groups attached to an aromatic ring is 1. The van der Waals surface area contributed by atoms with Crippen molar-refractivity contribution in [2.75, 3.05) is 5.73 Å². The molecule has 2 aromatic rings. The molecular weight excluding hydrogens is 197 g/mol. The standard InChI is InChI=1S/C9H6FN5/c10-8-2-1-7(5-13-8)15-9(12)6(3-11)4-14-15/h1-2,4-5H,12H2. The maximum atomic E-state index is 12.5. The fourth-order valence-corrected chi connectivity index (χ4v) is 1.14. The number of anilines is 1. The quantitative estimate of drug-likeness (QED) is 0.697. The SMILES string of the molecule is N#Cc1cnn(-c2ccc(F)nc2)c1N. The van der Waals surface area contributed by atoms with Crippen molar-refractivity contribution in [2.45, 2.75) is 0 Å². The first-order valence-corrected chi connectivity index (χ1v) is 4.08. The average molecular weight is 203 g/mol. The van der Waals surface area contributed by atoms with Crippen molar-refractivity contribution in [3.05, 3.63) is 36.0 Å². The lowest BCUT2D eigenvalue weighted by Crippen LogP contribution is -2.03. The molecule has 2 rings (SSSR count). The van der Waals surface area contributed by atoms with Gasteiger partial charge in [-0.3, -0.25) is 0 Å². The summed E-state index contributed by atoms with van der Waals surface area (Å²) in [6.07, 6.45) is 2.64. The predicted molar refractivity (Wildman–Crippen MR) is 50.4 cm³/mol. The Morgan fingerprint density at radius 2 is 2.20 bits per heavy atom. The number of halogens is 1. The van der Waals surface area contributed by atoms with Crippen LogP contribution in [0.1, 0.15) is 5.56 Å². The summed E-state index contributed by atoms with van der Waals surface area (Å²) in [6, 6.07) is 4.57. The largest absolute Gasteiger partial charge is 0.382 e. The number of hydrogen-bond acceptors (Lipinski definition) is 4. The number of nitriles is 1. The molecule has 0 radical (unpaired) electrons. The number of pyridine rings is 1. The van der Waals surface area contributed by atoms with Gasteiger partial charge in [0.15, 0.2) is 0 Å². The third kappa shape index (κ3) is 1.50. The molecular formula is C9H6FN5. The summed E-state index contributed by atoms with van der Waals surface area (Å²) >= 11 is 0. The molecule has 0 saturated heterocycles. The normalized spacial score (nSPS) is 9.87. The summed E-state index contributed by atoms with van der Waals surface area (Å²) in [4.78, 5) is 3.47. The fraction of sp³-hybridized carbons (Fsp3) is 0. The van der Waals surface area contributed by atoms with Gasteiger partial charge in [-0.25, -0.2) is 9.67 Å². The first-order chi connectivity index (χ1) is 7.22. The van der Waals surface area contributed by atoms with Gasteiger partial charge in [-0.05, 0) is 12.1 Å². The van der Waals surface area contributed by atoms with Gasteiger partial charge in [-0.15, -0.1) is 0 Å². The van der Waals surface area contributed by atoms with E-state index in [1.54, 1.807) is 0 Å². The number of rotatable bonds is 1. The Balaban J connectivity index is 2.51. The lowest BCUT2D eigenvalue weighted by Gasteiger charge is -2.02. The van der Waals surface area contributed by atoms with E-state index in [4.69, 9.17) is 11.0 Å². The zero-order valence-corrected chi connectivity index (χ0v) is 7.55. The highest BCUT2D eigenvalue weighted by Gasteiger charge is 2.08. The van der Waals surface area contributed by atoms with E-state index in [0.717, 1.165) is 0 Å². The van der Waals surface area contributed by atoms with Crippen molar-refractivity contribution in [1.29, 1.82) is 5.26 Å². The molecule has 0 saturated carbocycles. The lowest BCUT2D eigenvalue weighted by molar-refractivity contribution is 0.582. The van der Waals surface area contributed by atoms with Crippen LogP contribution < -0.4 is 5.73 Å². The smallest absolute Gasteiger partial charge is 0.212 e. The zero-order valence-electron chi connectivity index (χ0n) is 7.55. The number of aromatic nitrogens is 3. The van der Waals surface area contributed by atoms with Gasteiger partial charge in [-0.2, -0.15) is 14.8 Å². The Hall–Kier alpha value is -2.42. The molecule has 0 amide bonds. The Labute approximate surface area is 84.6 Å². The molecule has 2 heterocycles. The van der Waals surface area contributed by atoms with E-state index in [1.165, 1.54) is 29.2 Å². The molecule has 0 aliphatic heterocycles. The van der Waals surface area contributed by atoms with Crippen LogP contribution in [0.4, 0.5) is 10.2 Å². The highest BCUT2D eigenvalue weighted by molar-refractivity contribution is 5.51. The summed E-state index contributed by atoms with van der Waals surface area (Å²) in [5.74, 6) is -0.365. The van der Waals surface area contributed by atoms with E-state index in [0.29, 0.717) is 5.69 Å². The minimum Gasteiger partial charge on any atom is -0.382 e. The van der Waals surface area contributed by atoms with Crippen LogP contribution in [0.15, 0.2) is 24.5 Å². The van der Waals surface area contributed by atoms with Gasteiger partial charge in [0.2, 0.25) is 5.95 Å². The molecule has 0 unspecified atom stereocenters. The molecule has 6 heteroatoms. The molecule has 2 aromatic heterocycles. The van der Waals surface area contributed by atoms with E-state index < -0.39 is 5.95 Å². The van der Waals surface area contributed by atoms with Crippen LogP contribution in [-0.4, -0.2) is 14.8 Å². The fourth-order valence-electron chi connectivity index (χ4n) is 1.14. The number of nitrogens with zero attached hydrogens (tertiary/aromatic N) is 4. The van der Waals surface area contributed by atoms with Crippen LogP contribution in [0.2, 0.25) is 0 Å². The minimum atomic E-state index is -0.579. The highest BCUT2D eigenvalue weighted by Crippen LogP contribution is 2.15. The van der Waals surface area contributed by atoms with Gasteiger partial charge in [0.1, 0.15) is 17.5 Å². The summed E-state index contributed by atoms with van der Waals surface area (Å²) in [6.45, 7) is 0. The third-order valence-corrected chi connectivity index (χ3v) is 1.88. The molecule has 0 aromatic carbocycles. The maximum absolute atomic E-state index is 12.5. The monoisotopic (exact) mass is 203 g/mol. The van der Waals surface area contributed by atoms with Gasteiger partial charge in [0.25, 0.3) is 0 Å². The molecule has 0 bridgehead atoms. The summed E-state index contributed by atoms with van der Waals surface area (Å²) < 4.78 is 13.9. The van der Waals surface area contributed by atoms with Crippen molar-refractivity contribution in [3.63, 3.8) is 0 Å². The predicted octanol–water partition coefficient (Wildman–Crippen LogP) is 0.860. The first-order valence-electron chi connectivity index (χ1n) is 4.08. The van der Waals surface area contributed by atoms with Gasteiger partial charge in [0, 0.05) is 0 Å². The molecule has 2 N–H and O–H groups in total. The Kier molecular flexibility index (Phi) is 2.06. The topological polar surface area (TPSA) is 80.5 Å². The summed E-state index contributed by atoms with van der Waals surface area (Å²) in [5, 5.41) is 12.6. The van der Waals surface area contributed by atoms with Crippen LogP contribution in [0.5, 0.6) is 0 Å². The Morgan fingerprint density at radius 3 is 2.73 bits per heavy atom. The van der Waals surface area contributed by atoms with Crippen molar-refractivity contribution in [1.82, 2.24) is 14.8 Å². The molecule has 74 valence electrons. The van der Waals surface area contributed by atoms with E-state index in [2.05, 4.69) is 10.1 Å². The lowest BCUT2D eigenvalue weighted by atomic mass is 10.3. The van der Waals surface area contributed by atoms with Gasteiger partial charge in [0.05, 0.1) is 18.1 Å². The van der Waals surface area contributed by atoms with E-state index in [-0.39, 0.29) is 11.4 Å². The van der Waals surface area contributed by atoms with Crippen LogP contribution in [0, 0.1) is 17.3 Å². The molecule has 0 aliphatic carbocycles. The van der Waals surface area contributed by atoms with Crippen molar-refractivity contribution in [2.24, 2.45) is 0 Å². The van der Waals surface area contributed by atoms with Crippen LogP contribution >= 0.6 is 0 Å². The average Bonchev–Trinajstić information content (AvgIpc) is 2.61. The second-order valence-electron chi connectivity index (χ2n) is 2.81. The van der Waals surface area contributed by atoms with Gasteiger partial charge < -0.3 is 5.73 Å². The van der Waals surface area contributed by atoms with Gasteiger partial charge in [-0.1, -0.05) is 0 Å². The highest BCUT2D eigenvalue weighted by atomic mass is 19.1. The molecule has 0 spiro atoms. The third-order valence-electron chi connectivity index (χ3n) is 1.88. The Bertz CT molecular complexity index is 522. The second-order valence-corrected chi connectivity index (χ2v) is 2.81. The first kappa shape index (κ1) is 9.15. The summed E-state index contributed by atoms with van der Waals surface area (Å²) in [7, 11) is 0. The van der Waals surface area contributed by atoms with Crippen LogP contribution in [0.25, 0.3) is 5.69 Å². The number of hydrogen-bond donors (Lipinski definition) is 1. The maximum Gasteiger partial charge on any atom is 0.212 e. The number of nitrogens with two attached hydrogens (primary N) is 1. The Morgan fingerprint density at radius 1 is 1.40 bits per heavy atom. The van der Waals surface area contributed by atoms with Crippen molar-refractivity contribution >= 4 is 5.82 Å². The van der Waals surface area contributed by atoms with Crippen molar-refractivity contribution in [3.8, 4) is 11.8 Å². The van der Waals surface area contributed by atoms with Gasteiger partial charge >= 0.3 is 0 Å². The van der Waals surface area contributed by atoms with Crippen molar-refractivity contribution < 1.29 is 4.39 Å². The minimum absolute atomic E-state index is 0.214. The summed E-state index contributed by atoms with van der Waals surface area (Å²) in [5.41, 5.74) is 6.43. The molecule has 0 atom stereocenters. The molecule has 5 nitrogen and oxygen atoms in total. The van der Waals surface area contributed by atoms with E-state index in [9.17, 15) is 4.39 Å². The van der Waals surface area contributed by atoms with E-state index in [1.807, 2.05) is 6.07 Å². The molecule has 15 heavy (non-hydrogen) atoms. The van der Waals surface area contributed by atoms with E-state index >= 15 is 0 Å². The molecule has 0 aliphatic rings. The van der Waals surface area contributed by atoms with Crippen LogP contribution in [0.3, 0.4) is 0 Å². The molecule has 0 fully saturated rings. The second kappa shape index (κ2) is 3.38. The zero-order chi connectivity index (χ0) is 10.8. The van der Waals surface area contributed by atoms with Crippen LogP contribution in [-0.2, 0) is 0 Å².